The van der Waals surface area contributed by atoms with Gasteiger partial charge in [0.25, 0.3) is 0 Å². The molecule has 0 amide bonds. The van der Waals surface area contributed by atoms with Gasteiger partial charge in [0.05, 0.1) is 6.54 Å². The molecule has 1 N–H and O–H groups in total. The molecular formula is C17H24N2OS. The Labute approximate surface area is 131 Å². The van der Waals surface area contributed by atoms with E-state index in [0.29, 0.717) is 0 Å². The molecule has 2 aromatic rings. The van der Waals surface area contributed by atoms with E-state index in [-0.39, 0.29) is 0 Å². The summed E-state index contributed by atoms with van der Waals surface area (Å²) in [6.45, 7) is 7.32. The number of nitrogens with one attached hydrogen (secondary N) is 1. The van der Waals surface area contributed by atoms with Gasteiger partial charge in [-0.2, -0.15) is 11.8 Å². The molecule has 1 aliphatic heterocycles. The fourth-order valence-electron chi connectivity index (χ4n) is 2.88. The summed E-state index contributed by atoms with van der Waals surface area (Å²) in [7, 11) is 0. The summed E-state index contributed by atoms with van der Waals surface area (Å²) in [6, 6.07) is 8.43. The predicted molar refractivity (Wildman–Crippen MR) is 90.8 cm³/mol. The minimum absolute atomic E-state index is 0.823. The van der Waals surface area contributed by atoms with Crippen molar-refractivity contribution < 1.29 is 4.42 Å². The van der Waals surface area contributed by atoms with Gasteiger partial charge in [-0.15, -0.1) is 0 Å². The second-order valence-electron chi connectivity index (χ2n) is 5.52. The van der Waals surface area contributed by atoms with Gasteiger partial charge in [-0.3, -0.25) is 4.90 Å². The smallest absolute Gasteiger partial charge is 0.134 e. The van der Waals surface area contributed by atoms with E-state index >= 15 is 0 Å². The maximum atomic E-state index is 6.08. The second kappa shape index (κ2) is 7.34. The van der Waals surface area contributed by atoms with E-state index in [1.165, 1.54) is 42.0 Å². The van der Waals surface area contributed by atoms with Crippen LogP contribution in [-0.2, 0) is 13.1 Å². The maximum Gasteiger partial charge on any atom is 0.134 e. The normalized spacial score (nSPS) is 17.2. The third-order valence-electron chi connectivity index (χ3n) is 4.01. The molecule has 1 aromatic carbocycles. The summed E-state index contributed by atoms with van der Waals surface area (Å²) >= 11 is 2.08. The molecule has 3 rings (SSSR count). The van der Waals surface area contributed by atoms with Crippen LogP contribution in [0.1, 0.15) is 24.7 Å². The highest BCUT2D eigenvalue weighted by molar-refractivity contribution is 7.99. The quantitative estimate of drug-likeness (QED) is 0.915. The highest BCUT2D eigenvalue weighted by atomic mass is 32.2. The number of hydrogen-bond donors (Lipinski definition) is 1. The predicted octanol–water partition coefficient (Wildman–Crippen LogP) is 3.48. The fraction of sp³-hybridized carbons (Fsp3) is 0.529. The van der Waals surface area contributed by atoms with E-state index in [2.05, 4.69) is 53.2 Å². The first-order valence-corrected chi connectivity index (χ1v) is 9.04. The molecule has 1 aliphatic rings. The number of para-hydroxylation sites is 1. The first-order valence-electron chi connectivity index (χ1n) is 7.88. The average molecular weight is 304 g/mol. The summed E-state index contributed by atoms with van der Waals surface area (Å²) in [5, 5.41) is 4.68. The van der Waals surface area contributed by atoms with Crippen LogP contribution in [0.25, 0.3) is 11.0 Å². The summed E-state index contributed by atoms with van der Waals surface area (Å²) < 4.78 is 6.08. The Hall–Kier alpha value is -0.970. The third kappa shape index (κ3) is 3.62. The van der Waals surface area contributed by atoms with Gasteiger partial charge >= 0.3 is 0 Å². The van der Waals surface area contributed by atoms with Gasteiger partial charge in [0.15, 0.2) is 0 Å². The lowest BCUT2D eigenvalue weighted by Gasteiger charge is -2.19. The van der Waals surface area contributed by atoms with Crippen LogP contribution in [0.2, 0.25) is 0 Å². The average Bonchev–Trinajstić information content (AvgIpc) is 2.68. The lowest BCUT2D eigenvalue weighted by molar-refractivity contribution is 0.285. The molecule has 0 bridgehead atoms. The van der Waals surface area contributed by atoms with E-state index < -0.39 is 0 Å². The van der Waals surface area contributed by atoms with Crippen molar-refractivity contribution in [2.24, 2.45) is 0 Å². The van der Waals surface area contributed by atoms with Gasteiger partial charge in [-0.05, 0) is 31.3 Å². The monoisotopic (exact) mass is 304 g/mol. The van der Waals surface area contributed by atoms with Crippen LogP contribution >= 0.6 is 11.8 Å². The molecule has 1 saturated heterocycles. The Bertz CT molecular complexity index is 573. The molecule has 3 nitrogen and oxygen atoms in total. The van der Waals surface area contributed by atoms with Crippen molar-refractivity contribution in [1.29, 1.82) is 0 Å². The molecule has 0 saturated carbocycles. The molecule has 0 aliphatic carbocycles. The Morgan fingerprint density at radius 1 is 1.24 bits per heavy atom. The zero-order valence-corrected chi connectivity index (χ0v) is 13.5. The van der Waals surface area contributed by atoms with Gasteiger partial charge in [-0.25, -0.2) is 0 Å². The lowest BCUT2D eigenvalue weighted by atomic mass is 10.1. The standard InChI is InChI=1S/C17H24N2OS/c1-2-18-12-17-15(13-19-8-5-10-21-11-9-19)14-6-3-4-7-16(14)20-17/h3-4,6-7,18H,2,5,8-13H2,1H3. The minimum atomic E-state index is 0.823. The van der Waals surface area contributed by atoms with Gasteiger partial charge < -0.3 is 9.73 Å². The van der Waals surface area contributed by atoms with Gasteiger partial charge in [0.1, 0.15) is 11.3 Å². The molecule has 114 valence electrons. The number of nitrogens with zero attached hydrogens (tertiary/aromatic N) is 1. The summed E-state index contributed by atoms with van der Waals surface area (Å²) in [5.41, 5.74) is 2.39. The van der Waals surface area contributed by atoms with Crippen molar-refractivity contribution in [2.45, 2.75) is 26.4 Å². The second-order valence-corrected chi connectivity index (χ2v) is 6.75. The highest BCUT2D eigenvalue weighted by Gasteiger charge is 2.17. The lowest BCUT2D eigenvalue weighted by Crippen LogP contribution is -2.26. The largest absolute Gasteiger partial charge is 0.459 e. The SMILES string of the molecule is CCNCc1oc2ccccc2c1CN1CCCSCC1. The van der Waals surface area contributed by atoms with Crippen molar-refractivity contribution in [1.82, 2.24) is 10.2 Å². The first-order chi connectivity index (χ1) is 10.4. The molecule has 0 unspecified atom stereocenters. The fourth-order valence-corrected chi connectivity index (χ4v) is 3.81. The van der Waals surface area contributed by atoms with Crippen LogP contribution in [0.5, 0.6) is 0 Å². The van der Waals surface area contributed by atoms with Crippen molar-refractivity contribution in [3.63, 3.8) is 0 Å². The van der Waals surface area contributed by atoms with E-state index in [1.807, 2.05) is 0 Å². The maximum absolute atomic E-state index is 6.08. The van der Waals surface area contributed by atoms with E-state index in [9.17, 15) is 0 Å². The third-order valence-corrected chi connectivity index (χ3v) is 5.06. The summed E-state index contributed by atoms with van der Waals surface area (Å²) in [4.78, 5) is 2.58. The van der Waals surface area contributed by atoms with E-state index in [0.717, 1.165) is 31.0 Å². The van der Waals surface area contributed by atoms with Crippen molar-refractivity contribution in [3.05, 3.63) is 35.6 Å². The Kier molecular flexibility index (Phi) is 5.22. The highest BCUT2D eigenvalue weighted by Crippen LogP contribution is 2.27. The Morgan fingerprint density at radius 3 is 3.05 bits per heavy atom. The van der Waals surface area contributed by atoms with Crippen LogP contribution < -0.4 is 5.32 Å². The van der Waals surface area contributed by atoms with Gasteiger partial charge in [0, 0.05) is 29.8 Å². The molecule has 21 heavy (non-hydrogen) atoms. The topological polar surface area (TPSA) is 28.4 Å². The number of fused-ring (bicyclic) bond motifs is 1. The van der Waals surface area contributed by atoms with Crippen LogP contribution in [0.4, 0.5) is 0 Å². The Morgan fingerprint density at radius 2 is 2.14 bits per heavy atom. The number of thioether (sulfide) groups is 1. The molecule has 0 radical (unpaired) electrons. The molecule has 2 heterocycles. The zero-order chi connectivity index (χ0) is 14.5. The van der Waals surface area contributed by atoms with Crippen molar-refractivity contribution in [3.8, 4) is 0 Å². The molecule has 1 aromatic heterocycles. The van der Waals surface area contributed by atoms with Crippen LogP contribution in [-0.4, -0.2) is 36.0 Å². The van der Waals surface area contributed by atoms with E-state index in [1.54, 1.807) is 0 Å². The molecule has 1 fully saturated rings. The minimum Gasteiger partial charge on any atom is -0.459 e. The van der Waals surface area contributed by atoms with Crippen LogP contribution in [0.3, 0.4) is 0 Å². The number of hydrogen-bond acceptors (Lipinski definition) is 4. The van der Waals surface area contributed by atoms with Crippen LogP contribution in [0.15, 0.2) is 28.7 Å². The number of furan rings is 1. The molecule has 0 atom stereocenters. The Balaban J connectivity index is 1.86. The van der Waals surface area contributed by atoms with Crippen LogP contribution in [0, 0.1) is 0 Å². The molecule has 0 spiro atoms. The molecule has 4 heteroatoms. The molecular weight excluding hydrogens is 280 g/mol. The van der Waals surface area contributed by atoms with E-state index in [4.69, 9.17) is 4.42 Å². The number of benzene rings is 1. The van der Waals surface area contributed by atoms with Crippen molar-refractivity contribution in [2.75, 3.05) is 31.1 Å². The summed E-state index contributed by atoms with van der Waals surface area (Å²) in [5.74, 6) is 3.65. The van der Waals surface area contributed by atoms with Gasteiger partial charge in [-0.1, -0.05) is 25.1 Å². The number of rotatable bonds is 5. The van der Waals surface area contributed by atoms with Gasteiger partial charge in [0.2, 0.25) is 0 Å². The first kappa shape index (κ1) is 14.9. The zero-order valence-electron chi connectivity index (χ0n) is 12.7. The summed E-state index contributed by atoms with van der Waals surface area (Å²) in [6.07, 6.45) is 1.29. The van der Waals surface area contributed by atoms with Crippen molar-refractivity contribution >= 4 is 22.7 Å².